The Morgan fingerprint density at radius 2 is 2.00 bits per heavy atom. The predicted molar refractivity (Wildman–Crippen MR) is 79.3 cm³/mol. The molecule has 1 saturated heterocycles. The topological polar surface area (TPSA) is 59.0 Å². The highest BCUT2D eigenvalue weighted by Gasteiger charge is 2.37. The molecule has 0 aliphatic carbocycles. The van der Waals surface area contributed by atoms with Crippen LogP contribution in [-0.2, 0) is 4.74 Å². The largest absolute Gasteiger partial charge is 0.491 e. The molecule has 1 aliphatic heterocycles. The van der Waals surface area contributed by atoms with E-state index in [4.69, 9.17) is 9.47 Å². The number of nitrogens with zero attached hydrogens (tertiary/aromatic N) is 1. The molecular weight excluding hydrogens is 270 g/mol. The first-order chi connectivity index (χ1) is 9.85. The second-order valence-corrected chi connectivity index (χ2v) is 6.30. The van der Waals surface area contributed by atoms with Crippen molar-refractivity contribution in [3.05, 3.63) is 30.3 Å². The smallest absolute Gasteiger partial charge is 0.410 e. The van der Waals surface area contributed by atoms with Crippen molar-refractivity contribution in [2.45, 2.75) is 44.9 Å². The lowest BCUT2D eigenvalue weighted by atomic mass is 10.2. The zero-order valence-electron chi connectivity index (χ0n) is 12.8. The first-order valence-electron chi connectivity index (χ1n) is 7.21. The Labute approximate surface area is 125 Å². The number of hydrogen-bond acceptors (Lipinski definition) is 4. The molecule has 0 aromatic heterocycles. The van der Waals surface area contributed by atoms with Crippen LogP contribution < -0.4 is 4.74 Å². The summed E-state index contributed by atoms with van der Waals surface area (Å²) in [5, 5.41) is 9.81. The van der Waals surface area contributed by atoms with E-state index in [-0.39, 0.29) is 12.6 Å². The summed E-state index contributed by atoms with van der Waals surface area (Å²) in [6, 6.07) is 9.26. The Bertz CT molecular complexity index is 469. The van der Waals surface area contributed by atoms with Crippen LogP contribution in [0.25, 0.3) is 0 Å². The third-order valence-electron chi connectivity index (χ3n) is 3.21. The molecule has 0 unspecified atom stereocenters. The van der Waals surface area contributed by atoms with Crippen molar-refractivity contribution in [3.63, 3.8) is 0 Å². The van der Waals surface area contributed by atoms with Crippen molar-refractivity contribution >= 4 is 6.09 Å². The first kappa shape index (κ1) is 15.6. The molecule has 116 valence electrons. The second kappa shape index (κ2) is 6.35. The minimum Gasteiger partial charge on any atom is -0.491 e. The summed E-state index contributed by atoms with van der Waals surface area (Å²) >= 11 is 0. The summed E-state index contributed by atoms with van der Waals surface area (Å²) < 4.78 is 11.1. The molecule has 1 heterocycles. The van der Waals surface area contributed by atoms with Gasteiger partial charge in [0.1, 0.15) is 18.0 Å². The molecule has 1 N–H and O–H groups in total. The van der Waals surface area contributed by atoms with Gasteiger partial charge in [0.25, 0.3) is 0 Å². The van der Waals surface area contributed by atoms with E-state index in [0.29, 0.717) is 13.0 Å². The fourth-order valence-corrected chi connectivity index (χ4v) is 2.30. The molecule has 0 bridgehead atoms. The number of likely N-dealkylation sites (tertiary alicyclic amines) is 1. The van der Waals surface area contributed by atoms with E-state index in [0.717, 1.165) is 5.75 Å². The van der Waals surface area contributed by atoms with E-state index in [1.54, 1.807) is 4.90 Å². The number of rotatable bonds is 3. The van der Waals surface area contributed by atoms with Gasteiger partial charge in [0.2, 0.25) is 0 Å². The molecule has 0 saturated carbocycles. The maximum absolute atomic E-state index is 12.2. The van der Waals surface area contributed by atoms with Crippen LogP contribution in [0.15, 0.2) is 30.3 Å². The highest BCUT2D eigenvalue weighted by Crippen LogP contribution is 2.22. The molecule has 2 atom stereocenters. The third kappa shape index (κ3) is 4.63. The van der Waals surface area contributed by atoms with Gasteiger partial charge in [-0.05, 0) is 39.3 Å². The van der Waals surface area contributed by atoms with Crippen molar-refractivity contribution in [1.82, 2.24) is 4.90 Å². The van der Waals surface area contributed by atoms with Gasteiger partial charge in [0.15, 0.2) is 0 Å². The van der Waals surface area contributed by atoms with Gasteiger partial charge in [-0.15, -0.1) is 0 Å². The molecule has 0 radical (unpaired) electrons. The van der Waals surface area contributed by atoms with Crippen LogP contribution in [0, 0.1) is 0 Å². The molecule has 5 heteroatoms. The van der Waals surface area contributed by atoms with E-state index < -0.39 is 17.8 Å². The van der Waals surface area contributed by atoms with Crippen molar-refractivity contribution in [3.8, 4) is 5.75 Å². The maximum atomic E-state index is 12.2. The van der Waals surface area contributed by atoms with Gasteiger partial charge in [-0.25, -0.2) is 4.79 Å². The van der Waals surface area contributed by atoms with Gasteiger partial charge in [-0.3, -0.25) is 4.90 Å². The van der Waals surface area contributed by atoms with Gasteiger partial charge >= 0.3 is 6.09 Å². The zero-order valence-corrected chi connectivity index (χ0v) is 12.8. The Morgan fingerprint density at radius 3 is 2.62 bits per heavy atom. The van der Waals surface area contributed by atoms with E-state index in [1.807, 2.05) is 51.1 Å². The third-order valence-corrected chi connectivity index (χ3v) is 3.21. The molecule has 1 aromatic rings. The van der Waals surface area contributed by atoms with Gasteiger partial charge < -0.3 is 14.6 Å². The number of β-amino-alcohol motifs (C(OH)–C–C–N with tert-alkyl or cyclic N) is 1. The summed E-state index contributed by atoms with van der Waals surface area (Å²) in [5.41, 5.74) is -0.546. The fraction of sp³-hybridized carbons (Fsp3) is 0.562. The highest BCUT2D eigenvalue weighted by atomic mass is 16.6. The Morgan fingerprint density at radius 1 is 1.33 bits per heavy atom. The van der Waals surface area contributed by atoms with E-state index in [1.165, 1.54) is 0 Å². The molecular formula is C16H23NO4. The summed E-state index contributed by atoms with van der Waals surface area (Å²) in [4.78, 5) is 13.7. The quantitative estimate of drug-likeness (QED) is 0.930. The van der Waals surface area contributed by atoms with Crippen molar-refractivity contribution in [2.24, 2.45) is 0 Å². The van der Waals surface area contributed by atoms with E-state index in [2.05, 4.69) is 0 Å². The molecule has 1 aliphatic rings. The molecule has 5 nitrogen and oxygen atoms in total. The first-order valence-corrected chi connectivity index (χ1v) is 7.21. The summed E-state index contributed by atoms with van der Waals surface area (Å²) in [5.74, 6) is 0.753. The van der Waals surface area contributed by atoms with Gasteiger partial charge in [0.05, 0.1) is 18.7 Å². The number of aliphatic hydroxyl groups excluding tert-OH is 1. The zero-order chi connectivity index (χ0) is 15.5. The van der Waals surface area contributed by atoms with Crippen LogP contribution in [-0.4, -0.2) is 47.0 Å². The SMILES string of the molecule is CC(C)(C)OC(=O)N1C[C@H](O)C[C@H]1COc1ccccc1. The molecule has 1 fully saturated rings. The van der Waals surface area contributed by atoms with Crippen molar-refractivity contribution < 1.29 is 19.4 Å². The molecule has 1 amide bonds. The van der Waals surface area contributed by atoms with Crippen molar-refractivity contribution in [2.75, 3.05) is 13.2 Å². The molecule has 1 aromatic carbocycles. The summed E-state index contributed by atoms with van der Waals surface area (Å²) in [6.45, 7) is 6.12. The minimum absolute atomic E-state index is 0.171. The highest BCUT2D eigenvalue weighted by molar-refractivity contribution is 5.69. The van der Waals surface area contributed by atoms with Gasteiger partial charge in [-0.1, -0.05) is 18.2 Å². The number of benzene rings is 1. The van der Waals surface area contributed by atoms with Crippen LogP contribution in [0.1, 0.15) is 27.2 Å². The molecule has 2 rings (SSSR count). The maximum Gasteiger partial charge on any atom is 0.410 e. The Kier molecular flexibility index (Phi) is 4.73. The Hall–Kier alpha value is -1.75. The van der Waals surface area contributed by atoms with Crippen LogP contribution in [0.4, 0.5) is 4.79 Å². The van der Waals surface area contributed by atoms with Crippen LogP contribution in [0.5, 0.6) is 5.75 Å². The number of amides is 1. The van der Waals surface area contributed by atoms with Crippen LogP contribution in [0.2, 0.25) is 0 Å². The summed E-state index contributed by atoms with van der Waals surface area (Å²) in [7, 11) is 0. The number of aliphatic hydroxyl groups is 1. The average Bonchev–Trinajstić information content (AvgIpc) is 2.77. The lowest BCUT2D eigenvalue weighted by molar-refractivity contribution is 0.0173. The summed E-state index contributed by atoms with van der Waals surface area (Å²) in [6.07, 6.45) is -0.422. The van der Waals surface area contributed by atoms with Gasteiger partial charge in [-0.2, -0.15) is 0 Å². The predicted octanol–water partition coefficient (Wildman–Crippen LogP) is 2.44. The number of para-hydroxylation sites is 1. The number of ether oxygens (including phenoxy) is 2. The number of hydrogen-bond donors (Lipinski definition) is 1. The van der Waals surface area contributed by atoms with Gasteiger partial charge in [0, 0.05) is 0 Å². The number of carbonyl (C=O) groups excluding carboxylic acids is 1. The lowest BCUT2D eigenvalue weighted by Gasteiger charge is -2.28. The Balaban J connectivity index is 1.95. The lowest BCUT2D eigenvalue weighted by Crippen LogP contribution is -2.42. The van der Waals surface area contributed by atoms with Crippen molar-refractivity contribution in [1.29, 1.82) is 0 Å². The minimum atomic E-state index is -0.546. The van der Waals surface area contributed by atoms with E-state index in [9.17, 15) is 9.90 Å². The average molecular weight is 293 g/mol. The van der Waals surface area contributed by atoms with Crippen LogP contribution in [0.3, 0.4) is 0 Å². The second-order valence-electron chi connectivity index (χ2n) is 6.30. The fourth-order valence-electron chi connectivity index (χ4n) is 2.30. The number of carbonyl (C=O) groups is 1. The standard InChI is InChI=1S/C16H23NO4/c1-16(2,3)21-15(19)17-10-13(18)9-12(17)11-20-14-7-5-4-6-8-14/h4-8,12-13,18H,9-11H2,1-3H3/t12-,13+/m0/s1. The van der Waals surface area contributed by atoms with E-state index >= 15 is 0 Å². The molecule has 0 spiro atoms. The monoisotopic (exact) mass is 293 g/mol. The van der Waals surface area contributed by atoms with Crippen LogP contribution >= 0.6 is 0 Å². The normalized spacial score (nSPS) is 22.2. The molecule has 21 heavy (non-hydrogen) atoms.